The average Bonchev–Trinajstić information content (AvgIpc) is 3.00. The number of rotatable bonds is 8. The Bertz CT molecular complexity index is 1010. The Morgan fingerprint density at radius 1 is 1.06 bits per heavy atom. The third-order valence-electron chi connectivity index (χ3n) is 4.79. The molecule has 31 heavy (non-hydrogen) atoms. The van der Waals surface area contributed by atoms with Gasteiger partial charge in [0.25, 0.3) is 17.7 Å². The topological polar surface area (TPSA) is 92.8 Å². The van der Waals surface area contributed by atoms with Crippen LogP contribution in [0.25, 0.3) is 0 Å². The van der Waals surface area contributed by atoms with Gasteiger partial charge in [-0.25, -0.2) is 4.79 Å². The number of halogens is 2. The van der Waals surface area contributed by atoms with Crippen LogP contribution in [0.3, 0.4) is 0 Å². The van der Waals surface area contributed by atoms with E-state index in [1.54, 1.807) is 30.3 Å². The molecular formula is C22H20Cl2N2O5. The molecule has 0 fully saturated rings. The second kappa shape index (κ2) is 9.94. The first-order chi connectivity index (χ1) is 14.8. The smallest absolute Gasteiger partial charge is 0.329 e. The van der Waals surface area contributed by atoms with Gasteiger partial charge in [-0.15, -0.1) is 0 Å². The van der Waals surface area contributed by atoms with E-state index >= 15 is 0 Å². The van der Waals surface area contributed by atoms with Crippen molar-refractivity contribution in [3.05, 3.63) is 63.6 Å². The van der Waals surface area contributed by atoms with E-state index in [9.17, 15) is 19.2 Å². The molecule has 0 aliphatic carbocycles. The second-order valence-electron chi connectivity index (χ2n) is 6.96. The van der Waals surface area contributed by atoms with Crippen molar-refractivity contribution in [2.75, 3.05) is 11.9 Å². The molecule has 1 heterocycles. The maximum atomic E-state index is 12.8. The van der Waals surface area contributed by atoms with E-state index in [4.69, 9.17) is 27.9 Å². The summed E-state index contributed by atoms with van der Waals surface area (Å²) in [5.41, 5.74) is 0.809. The molecule has 3 rings (SSSR count). The van der Waals surface area contributed by atoms with Gasteiger partial charge in [0.1, 0.15) is 6.04 Å². The number of carbonyl (C=O) groups excluding carboxylic acids is 4. The van der Waals surface area contributed by atoms with Crippen LogP contribution in [-0.2, 0) is 14.3 Å². The fourth-order valence-corrected chi connectivity index (χ4v) is 3.71. The minimum atomic E-state index is -1.11. The van der Waals surface area contributed by atoms with E-state index in [-0.39, 0.29) is 22.6 Å². The third kappa shape index (κ3) is 5.06. The van der Waals surface area contributed by atoms with Crippen molar-refractivity contribution in [1.82, 2.24) is 4.90 Å². The van der Waals surface area contributed by atoms with Gasteiger partial charge in [0.15, 0.2) is 6.61 Å². The molecule has 0 bridgehead atoms. The van der Waals surface area contributed by atoms with E-state index in [2.05, 4.69) is 5.32 Å². The number of amides is 3. The van der Waals surface area contributed by atoms with Gasteiger partial charge < -0.3 is 10.1 Å². The minimum absolute atomic E-state index is 0.235. The van der Waals surface area contributed by atoms with Crippen LogP contribution in [0.2, 0.25) is 10.0 Å². The molecule has 9 heteroatoms. The molecular weight excluding hydrogens is 443 g/mol. The van der Waals surface area contributed by atoms with Crippen LogP contribution in [0.4, 0.5) is 5.69 Å². The van der Waals surface area contributed by atoms with E-state index in [0.717, 1.165) is 11.3 Å². The van der Waals surface area contributed by atoms with Gasteiger partial charge in [0.05, 0.1) is 21.8 Å². The van der Waals surface area contributed by atoms with Gasteiger partial charge in [0.2, 0.25) is 0 Å². The van der Waals surface area contributed by atoms with Crippen LogP contribution in [0.1, 0.15) is 46.9 Å². The third-order valence-corrected chi connectivity index (χ3v) is 5.34. The summed E-state index contributed by atoms with van der Waals surface area (Å²) in [7, 11) is 0. The van der Waals surface area contributed by atoms with Crippen LogP contribution >= 0.6 is 23.2 Å². The van der Waals surface area contributed by atoms with Crippen LogP contribution in [0.5, 0.6) is 0 Å². The summed E-state index contributed by atoms with van der Waals surface area (Å²) in [6.07, 6.45) is 1.59. The molecule has 3 amide bonds. The standard InChI is InChI=1S/C22H20Cl2N2O5/c1-2-3-8-18(26-20(28)14-6-4-5-7-15(14)21(26)29)22(30)31-12-19(27)25-17-10-9-13(23)11-16(17)24/h4-7,9-11,18H,2-3,8,12H2,1H3,(H,25,27)/t18-/m0/s1. The zero-order chi connectivity index (χ0) is 22.5. The Morgan fingerprint density at radius 3 is 2.29 bits per heavy atom. The number of unbranched alkanes of at least 4 members (excludes halogenated alkanes) is 1. The lowest BCUT2D eigenvalue weighted by Gasteiger charge is -2.24. The van der Waals surface area contributed by atoms with Crippen molar-refractivity contribution >= 4 is 52.6 Å². The average molecular weight is 463 g/mol. The lowest BCUT2D eigenvalue weighted by Crippen LogP contribution is -2.46. The molecule has 1 atom stereocenters. The quantitative estimate of drug-likeness (QED) is 0.465. The van der Waals surface area contributed by atoms with Gasteiger partial charge in [-0.2, -0.15) is 0 Å². The molecule has 0 saturated carbocycles. The van der Waals surface area contributed by atoms with Gasteiger partial charge in [-0.05, 0) is 36.8 Å². The fraction of sp³-hybridized carbons (Fsp3) is 0.273. The highest BCUT2D eigenvalue weighted by Crippen LogP contribution is 2.27. The highest BCUT2D eigenvalue weighted by molar-refractivity contribution is 6.36. The van der Waals surface area contributed by atoms with Crippen molar-refractivity contribution in [2.24, 2.45) is 0 Å². The van der Waals surface area contributed by atoms with Crippen LogP contribution in [-0.4, -0.2) is 41.2 Å². The molecule has 162 valence electrons. The highest BCUT2D eigenvalue weighted by atomic mass is 35.5. The summed E-state index contributed by atoms with van der Waals surface area (Å²) in [4.78, 5) is 51.4. The molecule has 0 radical (unpaired) electrons. The van der Waals surface area contributed by atoms with Crippen molar-refractivity contribution < 1.29 is 23.9 Å². The number of imide groups is 1. The predicted octanol–water partition coefficient (Wildman–Crippen LogP) is 4.33. The maximum absolute atomic E-state index is 12.8. The van der Waals surface area contributed by atoms with E-state index in [1.165, 1.54) is 12.1 Å². The number of anilines is 1. The number of ether oxygens (including phenoxy) is 1. The number of fused-ring (bicyclic) bond motifs is 1. The number of benzene rings is 2. The van der Waals surface area contributed by atoms with Gasteiger partial charge in [0, 0.05) is 5.02 Å². The number of nitrogens with zero attached hydrogens (tertiary/aromatic N) is 1. The summed E-state index contributed by atoms with van der Waals surface area (Å²) in [6, 6.07) is 9.82. The molecule has 7 nitrogen and oxygen atoms in total. The molecule has 0 saturated heterocycles. The van der Waals surface area contributed by atoms with E-state index in [0.29, 0.717) is 17.1 Å². The fourth-order valence-electron chi connectivity index (χ4n) is 3.25. The van der Waals surface area contributed by atoms with Gasteiger partial charge in [-0.3, -0.25) is 19.3 Å². The lowest BCUT2D eigenvalue weighted by molar-refractivity contribution is -0.151. The summed E-state index contributed by atoms with van der Waals surface area (Å²) in [5, 5.41) is 3.17. The van der Waals surface area contributed by atoms with Crippen molar-refractivity contribution in [3.8, 4) is 0 Å². The number of nitrogens with one attached hydrogen (secondary N) is 1. The molecule has 1 aliphatic heterocycles. The zero-order valence-corrected chi connectivity index (χ0v) is 18.2. The molecule has 2 aromatic carbocycles. The summed E-state index contributed by atoms with van der Waals surface area (Å²) >= 11 is 11.8. The van der Waals surface area contributed by atoms with E-state index in [1.807, 2.05) is 6.92 Å². The Morgan fingerprint density at radius 2 is 1.71 bits per heavy atom. The second-order valence-corrected chi connectivity index (χ2v) is 7.81. The molecule has 1 aliphatic rings. The van der Waals surface area contributed by atoms with Crippen molar-refractivity contribution in [3.63, 3.8) is 0 Å². The molecule has 1 N–H and O–H groups in total. The first kappa shape index (κ1) is 22.8. The maximum Gasteiger partial charge on any atom is 0.329 e. The number of carbonyl (C=O) groups is 4. The molecule has 0 aromatic heterocycles. The van der Waals surface area contributed by atoms with Gasteiger partial charge >= 0.3 is 5.97 Å². The lowest BCUT2D eigenvalue weighted by atomic mass is 10.1. The van der Waals surface area contributed by atoms with Crippen LogP contribution < -0.4 is 5.32 Å². The van der Waals surface area contributed by atoms with Crippen molar-refractivity contribution in [1.29, 1.82) is 0 Å². The number of hydrogen-bond acceptors (Lipinski definition) is 5. The normalized spacial score (nSPS) is 13.7. The van der Waals surface area contributed by atoms with Crippen LogP contribution in [0.15, 0.2) is 42.5 Å². The summed E-state index contributed by atoms with van der Waals surface area (Å²) in [6.45, 7) is 1.33. The monoisotopic (exact) mass is 462 g/mol. The van der Waals surface area contributed by atoms with E-state index < -0.39 is 36.3 Å². The Labute approximate surface area is 189 Å². The zero-order valence-electron chi connectivity index (χ0n) is 16.7. The highest BCUT2D eigenvalue weighted by Gasteiger charge is 2.43. The first-order valence-corrected chi connectivity index (χ1v) is 10.5. The Kier molecular flexibility index (Phi) is 7.30. The van der Waals surface area contributed by atoms with Gasteiger partial charge in [-0.1, -0.05) is 55.1 Å². The molecule has 0 unspecified atom stereocenters. The number of hydrogen-bond donors (Lipinski definition) is 1. The summed E-state index contributed by atoms with van der Waals surface area (Å²) < 4.78 is 5.14. The Balaban J connectivity index is 1.68. The SMILES string of the molecule is CCCC[C@@H](C(=O)OCC(=O)Nc1ccc(Cl)cc1Cl)N1C(=O)c2ccccc2C1=O. The van der Waals surface area contributed by atoms with Crippen molar-refractivity contribution in [2.45, 2.75) is 32.2 Å². The predicted molar refractivity (Wildman–Crippen MR) is 116 cm³/mol. The molecule has 0 spiro atoms. The summed E-state index contributed by atoms with van der Waals surface area (Å²) in [5.74, 6) is -2.53. The number of esters is 1. The molecule has 2 aromatic rings. The minimum Gasteiger partial charge on any atom is -0.454 e. The Hall–Kier alpha value is -2.90. The largest absolute Gasteiger partial charge is 0.454 e. The first-order valence-electron chi connectivity index (χ1n) is 9.72. The van der Waals surface area contributed by atoms with Crippen LogP contribution in [0, 0.1) is 0 Å².